The second kappa shape index (κ2) is 4.37. The van der Waals surface area contributed by atoms with Crippen LogP contribution in [0.2, 0.25) is 0 Å². The van der Waals surface area contributed by atoms with Crippen molar-refractivity contribution >= 4 is 0 Å². The average molecular weight is 208 g/mol. The van der Waals surface area contributed by atoms with Gasteiger partial charge in [-0.2, -0.15) is 0 Å². The van der Waals surface area contributed by atoms with Gasteiger partial charge in [0.25, 0.3) is 0 Å². The monoisotopic (exact) mass is 208 g/mol. The average Bonchev–Trinajstić information content (AvgIpc) is 2.74. The van der Waals surface area contributed by atoms with Gasteiger partial charge in [0, 0.05) is 24.7 Å². The maximum absolute atomic E-state index is 5.65. The van der Waals surface area contributed by atoms with Crippen molar-refractivity contribution in [3.8, 4) is 0 Å². The molecule has 1 aliphatic rings. The van der Waals surface area contributed by atoms with Gasteiger partial charge in [-0.05, 0) is 25.3 Å². The number of nitrogens with two attached hydrogens (primary N) is 1. The van der Waals surface area contributed by atoms with Crippen LogP contribution in [0.15, 0.2) is 16.7 Å². The quantitative estimate of drug-likeness (QED) is 0.825. The van der Waals surface area contributed by atoms with Crippen LogP contribution in [0.25, 0.3) is 0 Å². The molecule has 1 aliphatic heterocycles. The fourth-order valence-electron chi connectivity index (χ4n) is 2.48. The Bertz CT molecular complexity index is 321. The van der Waals surface area contributed by atoms with Gasteiger partial charge in [0.1, 0.15) is 5.76 Å². The standard InChI is InChI=1S/C12H20N2O/c1-9-5-10(2)14(7-9)8-12-11(6-13)3-4-15-12/h3-4,9-10H,5-8,13H2,1-2H3. The third-order valence-electron chi connectivity index (χ3n) is 3.32. The van der Waals surface area contributed by atoms with Crippen LogP contribution in [0, 0.1) is 5.92 Å². The van der Waals surface area contributed by atoms with Gasteiger partial charge >= 0.3 is 0 Å². The summed E-state index contributed by atoms with van der Waals surface area (Å²) in [6.45, 7) is 7.25. The molecule has 0 amide bonds. The van der Waals surface area contributed by atoms with E-state index in [0.717, 1.165) is 23.8 Å². The lowest BCUT2D eigenvalue weighted by atomic mass is 10.1. The van der Waals surface area contributed by atoms with E-state index < -0.39 is 0 Å². The molecule has 0 saturated carbocycles. The molecular formula is C12H20N2O. The Morgan fingerprint density at radius 1 is 1.53 bits per heavy atom. The predicted molar refractivity (Wildman–Crippen MR) is 60.3 cm³/mol. The van der Waals surface area contributed by atoms with Crippen LogP contribution in [-0.2, 0) is 13.1 Å². The number of likely N-dealkylation sites (tertiary alicyclic amines) is 1. The Hall–Kier alpha value is -0.800. The highest BCUT2D eigenvalue weighted by molar-refractivity contribution is 5.16. The predicted octanol–water partition coefficient (Wildman–Crippen LogP) is 1.97. The lowest BCUT2D eigenvalue weighted by Crippen LogP contribution is -2.26. The van der Waals surface area contributed by atoms with Crippen LogP contribution in [0.4, 0.5) is 0 Å². The van der Waals surface area contributed by atoms with E-state index in [2.05, 4.69) is 18.7 Å². The Morgan fingerprint density at radius 2 is 2.33 bits per heavy atom. The van der Waals surface area contributed by atoms with Gasteiger partial charge in [0.05, 0.1) is 12.8 Å². The topological polar surface area (TPSA) is 42.4 Å². The van der Waals surface area contributed by atoms with Crippen molar-refractivity contribution in [2.45, 2.75) is 39.4 Å². The highest BCUT2D eigenvalue weighted by atomic mass is 16.3. The van der Waals surface area contributed by atoms with Gasteiger partial charge in [-0.1, -0.05) is 6.92 Å². The van der Waals surface area contributed by atoms with E-state index in [0.29, 0.717) is 12.6 Å². The minimum Gasteiger partial charge on any atom is -0.468 e. The van der Waals surface area contributed by atoms with Crippen molar-refractivity contribution < 1.29 is 4.42 Å². The summed E-state index contributed by atoms with van der Waals surface area (Å²) in [5.41, 5.74) is 6.79. The van der Waals surface area contributed by atoms with Gasteiger partial charge in [0.15, 0.2) is 0 Å². The van der Waals surface area contributed by atoms with E-state index in [1.807, 2.05) is 6.07 Å². The molecule has 2 atom stereocenters. The van der Waals surface area contributed by atoms with Gasteiger partial charge in [-0.25, -0.2) is 0 Å². The van der Waals surface area contributed by atoms with Gasteiger partial charge in [-0.3, -0.25) is 4.90 Å². The Kier molecular flexibility index (Phi) is 3.12. The summed E-state index contributed by atoms with van der Waals surface area (Å²) in [6.07, 6.45) is 3.03. The van der Waals surface area contributed by atoms with Crippen LogP contribution in [0.5, 0.6) is 0 Å². The zero-order chi connectivity index (χ0) is 10.8. The van der Waals surface area contributed by atoms with Crippen molar-refractivity contribution in [2.24, 2.45) is 11.7 Å². The molecule has 2 heterocycles. The Morgan fingerprint density at radius 3 is 2.93 bits per heavy atom. The van der Waals surface area contributed by atoms with Crippen molar-refractivity contribution in [3.63, 3.8) is 0 Å². The molecule has 0 bridgehead atoms. The summed E-state index contributed by atoms with van der Waals surface area (Å²) in [5.74, 6) is 1.84. The molecule has 3 heteroatoms. The molecule has 0 radical (unpaired) electrons. The third kappa shape index (κ3) is 2.24. The first kappa shape index (κ1) is 10.7. The smallest absolute Gasteiger partial charge is 0.122 e. The van der Waals surface area contributed by atoms with Crippen LogP contribution in [-0.4, -0.2) is 17.5 Å². The van der Waals surface area contributed by atoms with E-state index in [-0.39, 0.29) is 0 Å². The van der Waals surface area contributed by atoms with E-state index in [1.165, 1.54) is 13.0 Å². The maximum atomic E-state index is 5.65. The number of furan rings is 1. The SMILES string of the molecule is CC1CC(C)N(Cc2occc2CN)C1. The summed E-state index contributed by atoms with van der Waals surface area (Å²) in [6, 6.07) is 2.63. The number of rotatable bonds is 3. The van der Waals surface area contributed by atoms with Crippen molar-refractivity contribution in [2.75, 3.05) is 6.54 Å². The lowest BCUT2D eigenvalue weighted by molar-refractivity contribution is 0.234. The summed E-state index contributed by atoms with van der Waals surface area (Å²) in [7, 11) is 0. The summed E-state index contributed by atoms with van der Waals surface area (Å²) in [4.78, 5) is 2.47. The largest absolute Gasteiger partial charge is 0.468 e. The van der Waals surface area contributed by atoms with Gasteiger partial charge in [-0.15, -0.1) is 0 Å². The van der Waals surface area contributed by atoms with E-state index in [1.54, 1.807) is 6.26 Å². The number of nitrogens with zero attached hydrogens (tertiary/aromatic N) is 1. The first-order valence-corrected chi connectivity index (χ1v) is 5.70. The lowest BCUT2D eigenvalue weighted by Gasteiger charge is -2.20. The fraction of sp³-hybridized carbons (Fsp3) is 0.667. The molecule has 2 unspecified atom stereocenters. The van der Waals surface area contributed by atoms with Gasteiger partial charge in [0.2, 0.25) is 0 Å². The Balaban J connectivity index is 2.02. The summed E-state index contributed by atoms with van der Waals surface area (Å²) < 4.78 is 5.48. The van der Waals surface area contributed by atoms with Crippen molar-refractivity contribution in [1.29, 1.82) is 0 Å². The molecule has 0 aliphatic carbocycles. The molecule has 1 fully saturated rings. The fourth-order valence-corrected chi connectivity index (χ4v) is 2.48. The third-order valence-corrected chi connectivity index (χ3v) is 3.32. The molecule has 3 nitrogen and oxygen atoms in total. The van der Waals surface area contributed by atoms with Crippen molar-refractivity contribution in [3.05, 3.63) is 23.7 Å². The molecule has 84 valence electrons. The molecule has 15 heavy (non-hydrogen) atoms. The first-order valence-electron chi connectivity index (χ1n) is 5.70. The first-order chi connectivity index (χ1) is 7.20. The van der Waals surface area contributed by atoms with Crippen molar-refractivity contribution in [1.82, 2.24) is 4.90 Å². The second-order valence-electron chi connectivity index (χ2n) is 4.69. The Labute approximate surface area is 91.2 Å². The molecule has 0 aromatic carbocycles. The maximum Gasteiger partial charge on any atom is 0.122 e. The highest BCUT2D eigenvalue weighted by Crippen LogP contribution is 2.25. The zero-order valence-corrected chi connectivity index (χ0v) is 9.57. The zero-order valence-electron chi connectivity index (χ0n) is 9.57. The summed E-state index contributed by atoms with van der Waals surface area (Å²) >= 11 is 0. The number of hydrogen-bond acceptors (Lipinski definition) is 3. The van der Waals surface area contributed by atoms with E-state index in [9.17, 15) is 0 Å². The molecule has 1 aromatic rings. The minimum absolute atomic E-state index is 0.573. The second-order valence-corrected chi connectivity index (χ2v) is 4.69. The minimum atomic E-state index is 0.573. The van der Waals surface area contributed by atoms with Crippen LogP contribution >= 0.6 is 0 Å². The van der Waals surface area contributed by atoms with Crippen LogP contribution < -0.4 is 5.73 Å². The van der Waals surface area contributed by atoms with Gasteiger partial charge < -0.3 is 10.2 Å². The normalized spacial score (nSPS) is 27.4. The number of hydrogen-bond donors (Lipinski definition) is 1. The molecular weight excluding hydrogens is 188 g/mol. The van der Waals surface area contributed by atoms with E-state index in [4.69, 9.17) is 10.2 Å². The molecule has 1 aromatic heterocycles. The van der Waals surface area contributed by atoms with E-state index >= 15 is 0 Å². The molecule has 0 spiro atoms. The molecule has 1 saturated heterocycles. The highest BCUT2D eigenvalue weighted by Gasteiger charge is 2.27. The molecule has 2 N–H and O–H groups in total. The van der Waals surface area contributed by atoms with Crippen LogP contribution in [0.3, 0.4) is 0 Å². The van der Waals surface area contributed by atoms with Crippen LogP contribution in [0.1, 0.15) is 31.6 Å². The molecule has 2 rings (SSSR count). The summed E-state index contributed by atoms with van der Waals surface area (Å²) in [5, 5.41) is 0.